The first-order chi connectivity index (χ1) is 19.8. The van der Waals surface area contributed by atoms with Crippen molar-refractivity contribution in [3.8, 4) is 0 Å². The summed E-state index contributed by atoms with van der Waals surface area (Å²) in [5, 5.41) is 0. The average molecular weight is 563 g/mol. The second-order valence-corrected chi connectivity index (χ2v) is 12.5. The van der Waals surface area contributed by atoms with Gasteiger partial charge in [-0.3, -0.25) is 20.0 Å². The molecular formula is C38H50N4. The third-order valence-electron chi connectivity index (χ3n) is 7.73. The van der Waals surface area contributed by atoms with E-state index in [0.29, 0.717) is 23.7 Å². The van der Waals surface area contributed by atoms with Crippen LogP contribution in [-0.2, 0) is 0 Å². The van der Waals surface area contributed by atoms with E-state index in [1.807, 2.05) is 52.0 Å². The van der Waals surface area contributed by atoms with E-state index in [4.69, 9.17) is 20.0 Å². The highest BCUT2D eigenvalue weighted by atomic mass is 14.8. The second-order valence-electron chi connectivity index (χ2n) is 12.5. The van der Waals surface area contributed by atoms with Crippen molar-refractivity contribution < 1.29 is 0 Å². The van der Waals surface area contributed by atoms with Gasteiger partial charge in [0.2, 0.25) is 0 Å². The molecule has 3 aromatic rings. The molecule has 4 heteroatoms. The highest BCUT2D eigenvalue weighted by Crippen LogP contribution is 2.36. The molecule has 3 aromatic carbocycles. The quantitative estimate of drug-likeness (QED) is 0.221. The molecule has 42 heavy (non-hydrogen) atoms. The maximum absolute atomic E-state index is 5.09. The summed E-state index contributed by atoms with van der Waals surface area (Å²) in [5.74, 6) is 1.61. The van der Waals surface area contributed by atoms with Crippen molar-refractivity contribution in [2.75, 3.05) is 0 Å². The van der Waals surface area contributed by atoms with Crippen molar-refractivity contribution in [3.05, 3.63) is 82.9 Å². The average Bonchev–Trinajstić information content (AvgIpc) is 2.93. The normalized spacial score (nSPS) is 13.7. The summed E-state index contributed by atoms with van der Waals surface area (Å²) in [6.07, 6.45) is 0. The van der Waals surface area contributed by atoms with Gasteiger partial charge in [0.15, 0.2) is 0 Å². The third-order valence-corrected chi connectivity index (χ3v) is 7.73. The van der Waals surface area contributed by atoms with Gasteiger partial charge in [0.25, 0.3) is 0 Å². The molecule has 0 saturated heterocycles. The van der Waals surface area contributed by atoms with E-state index in [0.717, 1.165) is 45.6 Å². The topological polar surface area (TPSA) is 49.4 Å². The number of nitrogens with zero attached hydrogens (tertiary/aromatic N) is 4. The Morgan fingerprint density at radius 3 is 0.857 bits per heavy atom. The molecule has 3 rings (SSSR count). The Morgan fingerprint density at radius 1 is 0.381 bits per heavy atom. The summed E-state index contributed by atoms with van der Waals surface area (Å²) in [7, 11) is 0. The summed E-state index contributed by atoms with van der Waals surface area (Å²) < 4.78 is 0. The second kappa shape index (κ2) is 14.5. The summed E-state index contributed by atoms with van der Waals surface area (Å²) in [4.78, 5) is 19.9. The maximum Gasteiger partial charge on any atom is 0.0702 e. The highest BCUT2D eigenvalue weighted by Gasteiger charge is 2.15. The lowest BCUT2D eigenvalue weighted by Crippen LogP contribution is -2.06. The standard InChI is InChI=1S/C38H50N4/c1-23(2)33-15-13-16-34(24(3)4)37(33)41-29(11)27(9)39-31-19-21-32(22-20-31)40-28(10)30(12)42-38-35(25(5)6)17-14-18-36(38)26(7)8/h13-26H,1-12H3. The van der Waals surface area contributed by atoms with Gasteiger partial charge in [0.1, 0.15) is 0 Å². The van der Waals surface area contributed by atoms with Crippen molar-refractivity contribution in [2.24, 2.45) is 20.0 Å². The van der Waals surface area contributed by atoms with Crippen LogP contribution in [0.3, 0.4) is 0 Å². The molecule has 0 bridgehead atoms. The molecule has 0 N–H and O–H groups in total. The first-order valence-electron chi connectivity index (χ1n) is 15.4. The Bertz CT molecular complexity index is 1330. The molecule has 0 saturated carbocycles. The minimum Gasteiger partial charge on any atom is -0.252 e. The largest absolute Gasteiger partial charge is 0.252 e. The van der Waals surface area contributed by atoms with Crippen LogP contribution in [0.25, 0.3) is 0 Å². The van der Waals surface area contributed by atoms with Crippen molar-refractivity contribution in [3.63, 3.8) is 0 Å². The molecule has 4 nitrogen and oxygen atoms in total. The van der Waals surface area contributed by atoms with E-state index >= 15 is 0 Å². The number of rotatable bonds is 10. The van der Waals surface area contributed by atoms with E-state index in [9.17, 15) is 0 Å². The van der Waals surface area contributed by atoms with Gasteiger partial charge in [-0.2, -0.15) is 0 Å². The van der Waals surface area contributed by atoms with Crippen molar-refractivity contribution in [1.29, 1.82) is 0 Å². The number of benzene rings is 3. The molecule has 0 aliphatic rings. The molecule has 0 spiro atoms. The molecule has 0 aliphatic heterocycles. The predicted octanol–water partition coefficient (Wildman–Crippen LogP) is 12.0. The molecule has 0 aliphatic carbocycles. The number of hydrogen-bond donors (Lipinski definition) is 0. The Kier molecular flexibility index (Phi) is 11.3. The molecule has 0 atom stereocenters. The van der Waals surface area contributed by atoms with Crippen LogP contribution in [0.4, 0.5) is 22.7 Å². The molecule has 0 fully saturated rings. The summed E-state index contributed by atoms with van der Waals surface area (Å²) in [6.45, 7) is 25.9. The molecule has 222 valence electrons. The number of para-hydroxylation sites is 2. The molecule has 0 unspecified atom stereocenters. The lowest BCUT2D eigenvalue weighted by Gasteiger charge is -2.17. The van der Waals surface area contributed by atoms with Gasteiger partial charge in [0, 0.05) is 0 Å². The van der Waals surface area contributed by atoms with Gasteiger partial charge in [-0.05, 0) is 97.9 Å². The predicted molar refractivity (Wildman–Crippen MR) is 187 cm³/mol. The molecule has 0 heterocycles. The van der Waals surface area contributed by atoms with Crippen LogP contribution in [0.5, 0.6) is 0 Å². The van der Waals surface area contributed by atoms with E-state index in [1.165, 1.54) is 22.3 Å². The fourth-order valence-electron chi connectivity index (χ4n) is 4.93. The first kappa shape index (κ1) is 32.8. The van der Waals surface area contributed by atoms with Gasteiger partial charge in [-0.15, -0.1) is 0 Å². The summed E-state index contributed by atoms with van der Waals surface area (Å²) in [5.41, 5.74) is 12.7. The lowest BCUT2D eigenvalue weighted by atomic mass is 9.93. The van der Waals surface area contributed by atoms with E-state index < -0.39 is 0 Å². The molecular weight excluding hydrogens is 512 g/mol. The molecule has 0 amide bonds. The maximum atomic E-state index is 5.09. The third kappa shape index (κ3) is 8.21. The van der Waals surface area contributed by atoms with Crippen LogP contribution in [0.15, 0.2) is 80.6 Å². The Hall–Kier alpha value is -3.66. The van der Waals surface area contributed by atoms with Crippen LogP contribution in [-0.4, -0.2) is 22.8 Å². The monoisotopic (exact) mass is 562 g/mol. The zero-order chi connectivity index (χ0) is 31.1. The smallest absolute Gasteiger partial charge is 0.0702 e. The highest BCUT2D eigenvalue weighted by molar-refractivity contribution is 6.42. The van der Waals surface area contributed by atoms with Gasteiger partial charge >= 0.3 is 0 Å². The summed E-state index contributed by atoms with van der Waals surface area (Å²) in [6, 6.07) is 21.1. The zero-order valence-corrected chi connectivity index (χ0v) is 27.9. The fraction of sp³-hybridized carbons (Fsp3) is 0.421. The molecule has 0 aromatic heterocycles. The van der Waals surface area contributed by atoms with Crippen LogP contribution < -0.4 is 0 Å². The van der Waals surface area contributed by atoms with Gasteiger partial charge in [-0.25, -0.2) is 0 Å². The SMILES string of the molecule is CC(=Nc1ccc(N=C(C)C(C)=Nc2c(C(C)C)cccc2C(C)C)cc1)C(C)=Nc1c(C(C)C)cccc1C(C)C. The van der Waals surface area contributed by atoms with Crippen LogP contribution in [0.2, 0.25) is 0 Å². The molecule has 0 radical (unpaired) electrons. The van der Waals surface area contributed by atoms with Crippen LogP contribution in [0, 0.1) is 0 Å². The number of hydrogen-bond acceptors (Lipinski definition) is 4. The van der Waals surface area contributed by atoms with Crippen LogP contribution in [0.1, 0.15) is 129 Å². The van der Waals surface area contributed by atoms with E-state index in [2.05, 4.69) is 91.8 Å². The first-order valence-corrected chi connectivity index (χ1v) is 15.4. The van der Waals surface area contributed by atoms with E-state index in [1.54, 1.807) is 0 Å². The fourth-order valence-corrected chi connectivity index (χ4v) is 4.93. The minimum absolute atomic E-state index is 0.403. The Labute approximate surface area is 254 Å². The van der Waals surface area contributed by atoms with E-state index in [-0.39, 0.29) is 0 Å². The number of aliphatic imine (C=N–C) groups is 4. The van der Waals surface area contributed by atoms with Crippen LogP contribution >= 0.6 is 0 Å². The lowest BCUT2D eigenvalue weighted by molar-refractivity contribution is 0.834. The Balaban J connectivity index is 1.88. The van der Waals surface area contributed by atoms with Gasteiger partial charge < -0.3 is 0 Å². The van der Waals surface area contributed by atoms with Gasteiger partial charge in [0.05, 0.1) is 45.6 Å². The van der Waals surface area contributed by atoms with Crippen molar-refractivity contribution >= 4 is 45.6 Å². The minimum atomic E-state index is 0.403. The van der Waals surface area contributed by atoms with Gasteiger partial charge in [-0.1, -0.05) is 91.8 Å². The Morgan fingerprint density at radius 2 is 0.619 bits per heavy atom. The zero-order valence-electron chi connectivity index (χ0n) is 27.9. The summed E-state index contributed by atoms with van der Waals surface area (Å²) >= 11 is 0. The van der Waals surface area contributed by atoms with Crippen molar-refractivity contribution in [2.45, 2.75) is 107 Å². The van der Waals surface area contributed by atoms with Crippen molar-refractivity contribution in [1.82, 2.24) is 0 Å².